The lowest BCUT2D eigenvalue weighted by molar-refractivity contribution is -0.117. The summed E-state index contributed by atoms with van der Waals surface area (Å²) < 4.78 is 0. The van der Waals surface area contributed by atoms with Gasteiger partial charge in [0.2, 0.25) is 5.91 Å². The van der Waals surface area contributed by atoms with Crippen molar-refractivity contribution in [3.8, 4) is 0 Å². The van der Waals surface area contributed by atoms with Crippen LogP contribution in [0.25, 0.3) is 0 Å². The minimum atomic E-state index is -0.340. The van der Waals surface area contributed by atoms with Gasteiger partial charge in [-0.05, 0) is 18.1 Å². The van der Waals surface area contributed by atoms with Crippen LogP contribution in [0.5, 0.6) is 0 Å². The third-order valence-corrected chi connectivity index (χ3v) is 2.42. The number of benzene rings is 1. The van der Waals surface area contributed by atoms with Gasteiger partial charge in [-0.15, -0.1) is 0 Å². The second kappa shape index (κ2) is 3.73. The molecular formula is C11H12N2O2. The van der Waals surface area contributed by atoms with Crippen LogP contribution in [0.3, 0.4) is 0 Å². The van der Waals surface area contributed by atoms with E-state index in [4.69, 9.17) is 0 Å². The number of anilines is 1. The fraction of sp³-hybridized carbons (Fsp3) is 0.273. The molecule has 2 rings (SSSR count). The van der Waals surface area contributed by atoms with E-state index < -0.39 is 0 Å². The molecular weight excluding hydrogens is 192 g/mol. The molecule has 78 valence electrons. The van der Waals surface area contributed by atoms with Crippen LogP contribution >= 0.6 is 0 Å². The lowest BCUT2D eigenvalue weighted by Crippen LogP contribution is -2.41. The van der Waals surface area contributed by atoms with Crippen molar-refractivity contribution in [3.05, 3.63) is 29.8 Å². The molecule has 0 saturated carbocycles. The van der Waals surface area contributed by atoms with Crippen LogP contribution in [-0.2, 0) is 11.2 Å². The molecule has 0 unspecified atom stereocenters. The van der Waals surface area contributed by atoms with Gasteiger partial charge in [0.15, 0.2) is 0 Å². The van der Waals surface area contributed by atoms with Crippen LogP contribution in [0.4, 0.5) is 10.5 Å². The summed E-state index contributed by atoms with van der Waals surface area (Å²) in [5, 5.41) is 2.27. The number of hydrogen-bond donors (Lipinski definition) is 1. The van der Waals surface area contributed by atoms with E-state index in [2.05, 4.69) is 5.32 Å². The molecule has 1 heterocycles. The first-order valence-electron chi connectivity index (χ1n) is 4.85. The van der Waals surface area contributed by atoms with Crippen molar-refractivity contribution < 1.29 is 9.59 Å². The SMILES string of the molecule is CC(=O)NC(=O)N1CCc2ccccc21. The molecule has 0 bridgehead atoms. The topological polar surface area (TPSA) is 49.4 Å². The van der Waals surface area contributed by atoms with Crippen LogP contribution < -0.4 is 10.2 Å². The molecule has 15 heavy (non-hydrogen) atoms. The zero-order valence-electron chi connectivity index (χ0n) is 8.49. The summed E-state index contributed by atoms with van der Waals surface area (Å²) in [6, 6.07) is 7.38. The lowest BCUT2D eigenvalue weighted by atomic mass is 10.2. The molecule has 0 radical (unpaired) electrons. The van der Waals surface area contributed by atoms with Gasteiger partial charge in [-0.2, -0.15) is 0 Å². The molecule has 1 aromatic rings. The highest BCUT2D eigenvalue weighted by atomic mass is 16.2. The fourth-order valence-corrected chi connectivity index (χ4v) is 1.77. The largest absolute Gasteiger partial charge is 0.328 e. The smallest absolute Gasteiger partial charge is 0.294 e. The summed E-state index contributed by atoms with van der Waals surface area (Å²) in [6.07, 6.45) is 0.849. The van der Waals surface area contributed by atoms with Crippen LogP contribution in [0.2, 0.25) is 0 Å². The van der Waals surface area contributed by atoms with Crippen molar-refractivity contribution in [3.63, 3.8) is 0 Å². The van der Waals surface area contributed by atoms with E-state index in [1.807, 2.05) is 24.3 Å². The standard InChI is InChI=1S/C11H12N2O2/c1-8(14)12-11(15)13-7-6-9-4-2-3-5-10(9)13/h2-5H,6-7H2,1H3,(H,12,14,15). The molecule has 0 aromatic heterocycles. The van der Waals surface area contributed by atoms with Gasteiger partial charge in [-0.25, -0.2) is 4.79 Å². The number of para-hydroxylation sites is 1. The van der Waals surface area contributed by atoms with Crippen molar-refractivity contribution >= 4 is 17.6 Å². The van der Waals surface area contributed by atoms with E-state index >= 15 is 0 Å². The summed E-state index contributed by atoms with van der Waals surface area (Å²) >= 11 is 0. The van der Waals surface area contributed by atoms with Crippen molar-refractivity contribution in [1.82, 2.24) is 5.32 Å². The second-order valence-corrected chi connectivity index (χ2v) is 3.52. The average molecular weight is 204 g/mol. The number of amides is 3. The zero-order valence-corrected chi connectivity index (χ0v) is 8.49. The molecule has 0 aliphatic carbocycles. The Bertz CT molecular complexity index is 415. The first-order chi connectivity index (χ1) is 7.18. The van der Waals surface area contributed by atoms with Gasteiger partial charge in [0.05, 0.1) is 0 Å². The normalized spacial score (nSPS) is 13.5. The van der Waals surface area contributed by atoms with Gasteiger partial charge in [-0.3, -0.25) is 15.0 Å². The number of rotatable bonds is 0. The molecule has 1 aliphatic heterocycles. The Balaban J connectivity index is 2.20. The van der Waals surface area contributed by atoms with E-state index in [0.717, 1.165) is 17.7 Å². The molecule has 0 fully saturated rings. The van der Waals surface area contributed by atoms with E-state index in [1.54, 1.807) is 4.90 Å². The Kier molecular flexibility index (Phi) is 2.41. The molecule has 4 nitrogen and oxygen atoms in total. The maximum absolute atomic E-state index is 11.6. The maximum Gasteiger partial charge on any atom is 0.328 e. The highest BCUT2D eigenvalue weighted by molar-refractivity contribution is 6.03. The van der Waals surface area contributed by atoms with Crippen LogP contribution in [0, 0.1) is 0 Å². The van der Waals surface area contributed by atoms with Crippen molar-refractivity contribution in [2.24, 2.45) is 0 Å². The Hall–Kier alpha value is -1.84. The fourth-order valence-electron chi connectivity index (χ4n) is 1.77. The van der Waals surface area contributed by atoms with E-state index in [9.17, 15) is 9.59 Å². The number of carbonyl (C=O) groups excluding carboxylic acids is 2. The number of fused-ring (bicyclic) bond motifs is 1. The summed E-state index contributed by atoms with van der Waals surface area (Å²) in [5.74, 6) is -0.329. The molecule has 0 spiro atoms. The quantitative estimate of drug-likeness (QED) is 0.692. The second-order valence-electron chi connectivity index (χ2n) is 3.52. The molecule has 3 amide bonds. The Labute approximate surface area is 87.9 Å². The molecule has 1 aliphatic rings. The first-order valence-corrected chi connectivity index (χ1v) is 4.85. The Morgan fingerprint density at radius 3 is 2.80 bits per heavy atom. The molecule has 4 heteroatoms. The summed E-state index contributed by atoms with van der Waals surface area (Å²) in [6.45, 7) is 1.97. The first kappa shape index (κ1) is 9.71. The van der Waals surface area contributed by atoms with Crippen molar-refractivity contribution in [1.29, 1.82) is 0 Å². The van der Waals surface area contributed by atoms with Gasteiger partial charge >= 0.3 is 6.03 Å². The Morgan fingerprint density at radius 1 is 1.33 bits per heavy atom. The van der Waals surface area contributed by atoms with Gasteiger partial charge in [0.1, 0.15) is 0 Å². The summed E-state index contributed by atoms with van der Waals surface area (Å²) in [5.41, 5.74) is 2.05. The number of carbonyl (C=O) groups is 2. The van der Waals surface area contributed by atoms with E-state index in [0.29, 0.717) is 6.54 Å². The highest BCUT2D eigenvalue weighted by Crippen LogP contribution is 2.27. The van der Waals surface area contributed by atoms with Gasteiger partial charge in [-0.1, -0.05) is 18.2 Å². The number of nitrogens with zero attached hydrogens (tertiary/aromatic N) is 1. The van der Waals surface area contributed by atoms with E-state index in [1.165, 1.54) is 6.92 Å². The predicted molar refractivity (Wildman–Crippen MR) is 56.7 cm³/mol. The predicted octanol–water partition coefficient (Wildman–Crippen LogP) is 1.31. The van der Waals surface area contributed by atoms with Crippen molar-refractivity contribution in [2.45, 2.75) is 13.3 Å². The molecule has 0 atom stereocenters. The van der Waals surface area contributed by atoms with Crippen LogP contribution in [0.15, 0.2) is 24.3 Å². The number of hydrogen-bond acceptors (Lipinski definition) is 2. The van der Waals surface area contributed by atoms with E-state index in [-0.39, 0.29) is 11.9 Å². The third kappa shape index (κ3) is 1.83. The highest BCUT2D eigenvalue weighted by Gasteiger charge is 2.24. The molecule has 1 N–H and O–H groups in total. The average Bonchev–Trinajstić information content (AvgIpc) is 2.59. The summed E-state index contributed by atoms with van der Waals surface area (Å²) in [4.78, 5) is 24.0. The maximum atomic E-state index is 11.6. The molecule has 1 aromatic carbocycles. The summed E-state index contributed by atoms with van der Waals surface area (Å²) in [7, 11) is 0. The van der Waals surface area contributed by atoms with Gasteiger partial charge in [0.25, 0.3) is 0 Å². The number of nitrogens with one attached hydrogen (secondary N) is 1. The van der Waals surface area contributed by atoms with Crippen LogP contribution in [0.1, 0.15) is 12.5 Å². The lowest BCUT2D eigenvalue weighted by Gasteiger charge is -2.16. The monoisotopic (exact) mass is 204 g/mol. The van der Waals surface area contributed by atoms with Gasteiger partial charge < -0.3 is 0 Å². The minimum Gasteiger partial charge on any atom is -0.294 e. The van der Waals surface area contributed by atoms with Crippen molar-refractivity contribution in [2.75, 3.05) is 11.4 Å². The zero-order chi connectivity index (χ0) is 10.8. The number of imide groups is 1. The third-order valence-electron chi connectivity index (χ3n) is 2.42. The number of urea groups is 1. The minimum absolute atomic E-state index is 0.329. The molecule has 0 saturated heterocycles. The van der Waals surface area contributed by atoms with Crippen LogP contribution in [-0.4, -0.2) is 18.5 Å². The van der Waals surface area contributed by atoms with Gasteiger partial charge in [0, 0.05) is 19.2 Å². The Morgan fingerprint density at radius 2 is 2.07 bits per heavy atom.